The molecule has 1 aromatic rings. The van der Waals surface area contributed by atoms with E-state index in [2.05, 4.69) is 29.9 Å². The highest BCUT2D eigenvalue weighted by atomic mass is 16.2. The normalized spacial score (nSPS) is 19.4. The van der Waals surface area contributed by atoms with Crippen molar-refractivity contribution in [2.24, 2.45) is 5.92 Å². The van der Waals surface area contributed by atoms with Gasteiger partial charge in [-0.3, -0.25) is 4.79 Å². The Morgan fingerprint density at radius 2 is 1.94 bits per heavy atom. The number of nitrogens with one attached hydrogen (secondary N) is 2. The minimum Gasteiger partial charge on any atom is -0.367 e. The van der Waals surface area contributed by atoms with Gasteiger partial charge in [-0.1, -0.05) is 32.3 Å². The molecule has 2 aliphatic carbocycles. The number of aryl methyl sites for hydroxylation is 1. The van der Waals surface area contributed by atoms with Crippen LogP contribution in [0.2, 0.25) is 0 Å². The summed E-state index contributed by atoms with van der Waals surface area (Å²) in [6, 6.07) is 2.44. The standard InChI is InChI=1S/C29H38N4O/c1-21-16-19-33(20-17-21)29(34)24-8-6-7-23(11-13-24)12-14-26(30)27-22(2)15-18-31-28(27)32-25-9-4-3-5-10-25/h6,8,11,13,15,18,21,25,30H,3-5,9-10,12,14,16-17,19-20H2,1-2H3,(H,31,32). The van der Waals surface area contributed by atoms with Gasteiger partial charge in [0.1, 0.15) is 5.82 Å². The van der Waals surface area contributed by atoms with Crippen LogP contribution in [0.4, 0.5) is 5.82 Å². The van der Waals surface area contributed by atoms with Gasteiger partial charge in [-0.25, -0.2) is 4.98 Å². The molecular formula is C29H38N4O. The van der Waals surface area contributed by atoms with Crippen LogP contribution >= 0.6 is 0 Å². The van der Waals surface area contributed by atoms with Crippen LogP contribution in [0.15, 0.2) is 53.4 Å². The third-order valence-electron chi connectivity index (χ3n) is 7.36. The number of carbonyl (C=O) groups is 1. The van der Waals surface area contributed by atoms with Crippen LogP contribution < -0.4 is 5.32 Å². The molecule has 5 nitrogen and oxygen atoms in total. The van der Waals surface area contributed by atoms with E-state index in [1.165, 1.54) is 32.1 Å². The van der Waals surface area contributed by atoms with Crippen LogP contribution in [-0.2, 0) is 4.79 Å². The first-order valence-electron chi connectivity index (χ1n) is 12.9. The number of anilines is 1. The van der Waals surface area contributed by atoms with Gasteiger partial charge in [0.05, 0.1) is 0 Å². The lowest BCUT2D eigenvalue weighted by Crippen LogP contribution is -2.38. The Bertz CT molecular complexity index is 1030. The van der Waals surface area contributed by atoms with E-state index in [0.717, 1.165) is 48.4 Å². The predicted molar refractivity (Wildman–Crippen MR) is 139 cm³/mol. The summed E-state index contributed by atoms with van der Waals surface area (Å²) in [7, 11) is 0. The topological polar surface area (TPSA) is 69.1 Å². The molecule has 0 bridgehead atoms. The lowest BCUT2D eigenvalue weighted by atomic mass is 9.94. The van der Waals surface area contributed by atoms with Crippen molar-refractivity contribution in [3.63, 3.8) is 0 Å². The summed E-state index contributed by atoms with van der Waals surface area (Å²) in [5.74, 6) is 1.66. The van der Waals surface area contributed by atoms with Crippen molar-refractivity contribution < 1.29 is 4.79 Å². The second kappa shape index (κ2) is 11.5. The largest absolute Gasteiger partial charge is 0.367 e. The van der Waals surface area contributed by atoms with E-state index in [0.29, 0.717) is 36.1 Å². The van der Waals surface area contributed by atoms with Gasteiger partial charge in [0, 0.05) is 42.2 Å². The number of aromatic nitrogens is 1. The number of likely N-dealkylation sites (tertiary alicyclic amines) is 1. The summed E-state index contributed by atoms with van der Waals surface area (Å²) >= 11 is 0. The molecule has 0 atom stereocenters. The van der Waals surface area contributed by atoms with E-state index >= 15 is 0 Å². The molecule has 1 saturated carbocycles. The van der Waals surface area contributed by atoms with Crippen LogP contribution in [0.25, 0.3) is 0 Å². The number of amides is 1. The summed E-state index contributed by atoms with van der Waals surface area (Å²) in [4.78, 5) is 19.5. The van der Waals surface area contributed by atoms with Crippen molar-refractivity contribution in [1.29, 1.82) is 5.41 Å². The molecular weight excluding hydrogens is 420 g/mol. The number of carbonyl (C=O) groups excluding carboxylic acids is 1. The maximum Gasteiger partial charge on any atom is 0.253 e. The van der Waals surface area contributed by atoms with E-state index in [9.17, 15) is 4.79 Å². The summed E-state index contributed by atoms with van der Waals surface area (Å²) in [6.07, 6.45) is 19.1. The number of rotatable bonds is 7. The SMILES string of the molecule is Cc1ccnc(NC2CCCCC2)c1C(=N)CCC1=C=CC=C(C(=O)N2CCC(C)CC2)C=C1. The van der Waals surface area contributed by atoms with Crippen LogP contribution in [0.1, 0.15) is 75.8 Å². The highest BCUT2D eigenvalue weighted by Gasteiger charge is 2.22. The average Bonchev–Trinajstić information content (AvgIpc) is 3.09. The Kier molecular flexibility index (Phi) is 8.18. The second-order valence-corrected chi connectivity index (χ2v) is 10.1. The number of pyridine rings is 1. The third-order valence-corrected chi connectivity index (χ3v) is 7.36. The van der Waals surface area contributed by atoms with Crippen molar-refractivity contribution >= 4 is 17.4 Å². The van der Waals surface area contributed by atoms with Gasteiger partial charge in [-0.15, -0.1) is 5.73 Å². The minimum atomic E-state index is 0.111. The van der Waals surface area contributed by atoms with Gasteiger partial charge in [0.15, 0.2) is 0 Å². The number of nitrogens with zero attached hydrogens (tertiary/aromatic N) is 2. The minimum absolute atomic E-state index is 0.111. The van der Waals surface area contributed by atoms with Crippen molar-refractivity contribution in [1.82, 2.24) is 9.88 Å². The monoisotopic (exact) mass is 458 g/mol. The molecule has 2 fully saturated rings. The van der Waals surface area contributed by atoms with Crippen LogP contribution in [-0.4, -0.2) is 40.6 Å². The smallest absolute Gasteiger partial charge is 0.253 e. The molecule has 1 amide bonds. The first kappa shape index (κ1) is 24.2. The zero-order valence-electron chi connectivity index (χ0n) is 20.7. The predicted octanol–water partition coefficient (Wildman–Crippen LogP) is 6.12. The molecule has 2 N–H and O–H groups in total. The number of allylic oxidation sites excluding steroid dienone is 3. The third kappa shape index (κ3) is 6.15. The maximum atomic E-state index is 12.9. The molecule has 2 heterocycles. The molecule has 0 unspecified atom stereocenters. The fourth-order valence-electron chi connectivity index (χ4n) is 5.10. The molecule has 4 rings (SSSR count). The number of hydrogen-bond acceptors (Lipinski definition) is 4. The van der Waals surface area contributed by atoms with Gasteiger partial charge in [-0.2, -0.15) is 0 Å². The molecule has 1 aliphatic heterocycles. The van der Waals surface area contributed by atoms with Gasteiger partial charge >= 0.3 is 0 Å². The van der Waals surface area contributed by atoms with Crippen LogP contribution in [0.3, 0.4) is 0 Å². The Morgan fingerprint density at radius 3 is 2.71 bits per heavy atom. The first-order chi connectivity index (χ1) is 16.5. The summed E-state index contributed by atoms with van der Waals surface area (Å²) in [6.45, 7) is 6.00. The average molecular weight is 459 g/mol. The lowest BCUT2D eigenvalue weighted by molar-refractivity contribution is -0.128. The number of piperidine rings is 1. The second-order valence-electron chi connectivity index (χ2n) is 10.1. The van der Waals surface area contributed by atoms with Gasteiger partial charge < -0.3 is 15.6 Å². The van der Waals surface area contributed by atoms with E-state index in [4.69, 9.17) is 5.41 Å². The van der Waals surface area contributed by atoms with Crippen LogP contribution in [0.5, 0.6) is 0 Å². The summed E-state index contributed by atoms with van der Waals surface area (Å²) in [5, 5.41) is 12.5. The van der Waals surface area contributed by atoms with Gasteiger partial charge in [-0.05, 0) is 86.8 Å². The van der Waals surface area contributed by atoms with Crippen molar-refractivity contribution in [2.75, 3.05) is 18.4 Å². The fraction of sp³-hybridized carbons (Fsp3) is 0.517. The summed E-state index contributed by atoms with van der Waals surface area (Å²) in [5.41, 5.74) is 7.66. The molecule has 0 aromatic carbocycles. The van der Waals surface area contributed by atoms with E-state index in [1.807, 2.05) is 41.5 Å². The Balaban J connectivity index is 1.36. The maximum absolute atomic E-state index is 12.9. The molecule has 5 heteroatoms. The molecule has 180 valence electrons. The number of hydrogen-bond donors (Lipinski definition) is 2. The molecule has 0 radical (unpaired) electrons. The van der Waals surface area contributed by atoms with Crippen molar-refractivity contribution in [3.05, 3.63) is 64.6 Å². The molecule has 1 aromatic heterocycles. The van der Waals surface area contributed by atoms with Gasteiger partial charge in [0.25, 0.3) is 5.91 Å². The fourth-order valence-corrected chi connectivity index (χ4v) is 5.10. The van der Waals surface area contributed by atoms with Crippen LogP contribution in [0, 0.1) is 18.3 Å². The molecule has 1 saturated heterocycles. The zero-order valence-corrected chi connectivity index (χ0v) is 20.7. The lowest BCUT2D eigenvalue weighted by Gasteiger charge is -2.30. The highest BCUT2D eigenvalue weighted by molar-refractivity contribution is 6.03. The van der Waals surface area contributed by atoms with Crippen molar-refractivity contribution in [3.8, 4) is 0 Å². The molecule has 0 spiro atoms. The molecule has 3 aliphatic rings. The van der Waals surface area contributed by atoms with Crippen molar-refractivity contribution in [2.45, 2.75) is 77.7 Å². The zero-order chi connectivity index (χ0) is 23.9. The Morgan fingerprint density at radius 1 is 1.18 bits per heavy atom. The molecule has 34 heavy (non-hydrogen) atoms. The van der Waals surface area contributed by atoms with E-state index in [-0.39, 0.29) is 5.91 Å². The first-order valence-corrected chi connectivity index (χ1v) is 12.9. The van der Waals surface area contributed by atoms with E-state index < -0.39 is 0 Å². The highest BCUT2D eigenvalue weighted by Crippen LogP contribution is 2.26. The van der Waals surface area contributed by atoms with Gasteiger partial charge in [0.2, 0.25) is 0 Å². The Hall–Kier alpha value is -2.91. The van der Waals surface area contributed by atoms with E-state index in [1.54, 1.807) is 0 Å². The quantitative estimate of drug-likeness (QED) is 0.382. The summed E-state index contributed by atoms with van der Waals surface area (Å²) < 4.78 is 0. The Labute approximate surface area is 204 Å².